The molecule has 0 amide bonds. The third-order valence-corrected chi connectivity index (χ3v) is 5.95. The van der Waals surface area contributed by atoms with Crippen molar-refractivity contribution < 1.29 is 18.7 Å². The van der Waals surface area contributed by atoms with Gasteiger partial charge in [0.1, 0.15) is 5.76 Å². The van der Waals surface area contributed by atoms with Gasteiger partial charge in [-0.3, -0.25) is 4.79 Å². The third kappa shape index (κ3) is 4.10. The van der Waals surface area contributed by atoms with E-state index in [2.05, 4.69) is 0 Å². The average Bonchev–Trinajstić information content (AvgIpc) is 3.36. The standard InChI is InChI=1S/C28H23NO4/c1-18(27(30)19-9-3-2-4-10-19)33-28(31)25-22-13-5-6-15-24(22)29-26-20(11-7-14-23(25)26)17-21-12-8-16-32-21/h2-6,8-10,12-13,15-18H,7,11,14H2,1H3. The van der Waals surface area contributed by atoms with Crippen LogP contribution in [0.4, 0.5) is 0 Å². The van der Waals surface area contributed by atoms with E-state index in [-0.39, 0.29) is 5.78 Å². The summed E-state index contributed by atoms with van der Waals surface area (Å²) >= 11 is 0. The Hall–Kier alpha value is -3.99. The highest BCUT2D eigenvalue weighted by Crippen LogP contribution is 2.36. The Morgan fingerprint density at radius 2 is 1.79 bits per heavy atom. The van der Waals surface area contributed by atoms with E-state index in [0.717, 1.165) is 46.3 Å². The number of para-hydroxylation sites is 1. The zero-order chi connectivity index (χ0) is 22.8. The van der Waals surface area contributed by atoms with Crippen LogP contribution in [0.25, 0.3) is 22.6 Å². The number of pyridine rings is 1. The zero-order valence-electron chi connectivity index (χ0n) is 18.3. The largest absolute Gasteiger partial charge is 0.465 e. The van der Waals surface area contributed by atoms with Gasteiger partial charge in [0, 0.05) is 10.9 Å². The van der Waals surface area contributed by atoms with E-state index in [1.165, 1.54) is 0 Å². The van der Waals surface area contributed by atoms with Crippen LogP contribution in [0.2, 0.25) is 0 Å². The molecule has 5 nitrogen and oxygen atoms in total. The number of ether oxygens (including phenoxy) is 1. The maximum atomic E-state index is 13.5. The number of fused-ring (bicyclic) bond motifs is 2. The van der Waals surface area contributed by atoms with Crippen LogP contribution < -0.4 is 0 Å². The van der Waals surface area contributed by atoms with Crippen molar-refractivity contribution in [2.45, 2.75) is 32.3 Å². The highest BCUT2D eigenvalue weighted by Gasteiger charge is 2.28. The highest BCUT2D eigenvalue weighted by atomic mass is 16.5. The topological polar surface area (TPSA) is 69.4 Å². The highest BCUT2D eigenvalue weighted by molar-refractivity contribution is 6.08. The molecule has 0 saturated carbocycles. The molecule has 5 heteroatoms. The Kier molecular flexibility index (Phi) is 5.61. The van der Waals surface area contributed by atoms with Gasteiger partial charge in [-0.25, -0.2) is 9.78 Å². The fourth-order valence-electron chi connectivity index (χ4n) is 4.36. The Labute approximate surface area is 191 Å². The number of aromatic nitrogens is 1. The number of nitrogens with zero attached hydrogens (tertiary/aromatic N) is 1. The van der Waals surface area contributed by atoms with Gasteiger partial charge in [0.25, 0.3) is 0 Å². The van der Waals surface area contributed by atoms with Crippen LogP contribution in [0.1, 0.15) is 57.5 Å². The lowest BCUT2D eigenvalue weighted by Crippen LogP contribution is -2.26. The molecule has 2 heterocycles. The van der Waals surface area contributed by atoms with E-state index in [1.807, 2.05) is 48.5 Å². The van der Waals surface area contributed by atoms with E-state index in [4.69, 9.17) is 14.1 Å². The van der Waals surface area contributed by atoms with Crippen molar-refractivity contribution in [1.82, 2.24) is 4.98 Å². The van der Waals surface area contributed by atoms with Gasteiger partial charge >= 0.3 is 5.97 Å². The van der Waals surface area contributed by atoms with Crippen LogP contribution in [-0.4, -0.2) is 22.8 Å². The van der Waals surface area contributed by atoms with Gasteiger partial charge in [-0.05, 0) is 61.6 Å². The van der Waals surface area contributed by atoms with Crippen molar-refractivity contribution >= 4 is 34.3 Å². The number of ketones is 1. The number of furan rings is 1. The number of carbonyl (C=O) groups excluding carboxylic acids is 2. The van der Waals surface area contributed by atoms with Crippen molar-refractivity contribution in [2.24, 2.45) is 0 Å². The summed E-state index contributed by atoms with van der Waals surface area (Å²) in [6.07, 6.45) is 5.17. The van der Waals surface area contributed by atoms with Crippen molar-refractivity contribution in [3.63, 3.8) is 0 Å². The molecular weight excluding hydrogens is 414 g/mol. The molecule has 0 radical (unpaired) electrons. The molecule has 0 saturated heterocycles. The Balaban J connectivity index is 1.56. The monoisotopic (exact) mass is 437 g/mol. The minimum absolute atomic E-state index is 0.227. The summed E-state index contributed by atoms with van der Waals surface area (Å²) < 4.78 is 11.2. The molecule has 0 bridgehead atoms. The molecule has 5 rings (SSSR count). The number of hydrogen-bond donors (Lipinski definition) is 0. The Morgan fingerprint density at radius 1 is 1.00 bits per heavy atom. The van der Waals surface area contributed by atoms with Gasteiger partial charge in [0.05, 0.1) is 23.0 Å². The molecule has 4 aromatic rings. The molecule has 0 aliphatic heterocycles. The number of Topliss-reactive ketones (excluding diaryl/α,β-unsaturated/α-hetero) is 1. The fourth-order valence-corrected chi connectivity index (χ4v) is 4.36. The van der Waals surface area contributed by atoms with Crippen LogP contribution in [0.15, 0.2) is 77.4 Å². The summed E-state index contributed by atoms with van der Waals surface area (Å²) in [5, 5.41) is 0.736. The molecule has 1 atom stereocenters. The van der Waals surface area contributed by atoms with Crippen molar-refractivity contribution in [3.8, 4) is 0 Å². The second kappa shape index (κ2) is 8.87. The molecule has 0 spiro atoms. The summed E-state index contributed by atoms with van der Waals surface area (Å²) in [7, 11) is 0. The number of carbonyl (C=O) groups is 2. The second-order valence-electron chi connectivity index (χ2n) is 8.15. The lowest BCUT2D eigenvalue weighted by molar-refractivity contribution is 0.0319. The maximum Gasteiger partial charge on any atom is 0.339 e. The van der Waals surface area contributed by atoms with Crippen molar-refractivity contribution in [1.29, 1.82) is 0 Å². The molecular formula is C28H23NO4. The SMILES string of the molecule is CC(OC(=O)c1c2c(nc3ccccc13)C(=Cc1ccco1)CCC2)C(=O)c1ccccc1. The molecule has 164 valence electrons. The summed E-state index contributed by atoms with van der Waals surface area (Å²) in [6, 6.07) is 20.2. The molecule has 1 unspecified atom stereocenters. The maximum absolute atomic E-state index is 13.5. The average molecular weight is 437 g/mol. The van der Waals surface area contributed by atoms with Gasteiger partial charge in [-0.15, -0.1) is 0 Å². The number of allylic oxidation sites excluding steroid dienone is 1. The normalized spacial score (nSPS) is 15.2. The number of esters is 1. The van der Waals surface area contributed by atoms with E-state index < -0.39 is 12.1 Å². The summed E-state index contributed by atoms with van der Waals surface area (Å²) in [5.41, 5.74) is 4.42. The summed E-state index contributed by atoms with van der Waals surface area (Å²) in [4.78, 5) is 31.1. The molecule has 1 aliphatic rings. The zero-order valence-corrected chi connectivity index (χ0v) is 18.3. The Bertz CT molecular complexity index is 1350. The van der Waals surface area contributed by atoms with Crippen LogP contribution in [-0.2, 0) is 11.2 Å². The molecule has 33 heavy (non-hydrogen) atoms. The van der Waals surface area contributed by atoms with Crippen molar-refractivity contribution in [3.05, 3.63) is 101 Å². The second-order valence-corrected chi connectivity index (χ2v) is 8.15. The van der Waals surface area contributed by atoms with Crippen LogP contribution in [0.5, 0.6) is 0 Å². The minimum atomic E-state index is -0.899. The number of benzene rings is 2. The van der Waals surface area contributed by atoms with Crippen molar-refractivity contribution in [2.75, 3.05) is 0 Å². The van der Waals surface area contributed by atoms with Crippen LogP contribution in [0.3, 0.4) is 0 Å². The third-order valence-electron chi connectivity index (χ3n) is 5.95. The predicted molar refractivity (Wildman–Crippen MR) is 127 cm³/mol. The van der Waals surface area contributed by atoms with E-state index in [9.17, 15) is 9.59 Å². The van der Waals surface area contributed by atoms with E-state index in [0.29, 0.717) is 17.5 Å². The van der Waals surface area contributed by atoms with Crippen LogP contribution in [0, 0.1) is 0 Å². The quantitative estimate of drug-likeness (QED) is 0.277. The Morgan fingerprint density at radius 3 is 2.58 bits per heavy atom. The first kappa shape index (κ1) is 20.9. The first-order chi connectivity index (χ1) is 16.1. The van der Waals surface area contributed by atoms with Gasteiger partial charge in [0.15, 0.2) is 6.10 Å². The molecule has 0 fully saturated rings. The molecule has 1 aliphatic carbocycles. The van der Waals surface area contributed by atoms with Crippen LogP contribution >= 0.6 is 0 Å². The summed E-state index contributed by atoms with van der Waals surface area (Å²) in [5.74, 6) is 0.0227. The molecule has 2 aromatic carbocycles. The lowest BCUT2D eigenvalue weighted by Gasteiger charge is -2.23. The molecule has 0 N–H and O–H groups in total. The predicted octanol–water partition coefficient (Wildman–Crippen LogP) is 6.13. The number of rotatable bonds is 5. The van der Waals surface area contributed by atoms with Gasteiger partial charge in [-0.2, -0.15) is 0 Å². The molecule has 2 aromatic heterocycles. The van der Waals surface area contributed by atoms with Gasteiger partial charge < -0.3 is 9.15 Å². The smallest absolute Gasteiger partial charge is 0.339 e. The first-order valence-electron chi connectivity index (χ1n) is 11.1. The number of hydrogen-bond acceptors (Lipinski definition) is 5. The lowest BCUT2D eigenvalue weighted by atomic mass is 9.86. The fraction of sp³-hybridized carbons (Fsp3) is 0.179. The van der Waals surface area contributed by atoms with Gasteiger partial charge in [0.2, 0.25) is 5.78 Å². The van der Waals surface area contributed by atoms with Gasteiger partial charge in [-0.1, -0.05) is 48.5 Å². The van der Waals surface area contributed by atoms with E-state index >= 15 is 0 Å². The van der Waals surface area contributed by atoms with E-state index in [1.54, 1.807) is 37.5 Å². The summed E-state index contributed by atoms with van der Waals surface area (Å²) in [6.45, 7) is 1.62. The first-order valence-corrected chi connectivity index (χ1v) is 11.1. The minimum Gasteiger partial charge on any atom is -0.465 e.